The number of amides is 1. The normalized spacial score (nSPS) is 16.9. The topological polar surface area (TPSA) is 80.5 Å². The van der Waals surface area contributed by atoms with Gasteiger partial charge in [-0.15, -0.1) is 0 Å². The number of hydrogen-bond acceptors (Lipinski definition) is 3. The Balaban J connectivity index is 1.62. The lowest BCUT2D eigenvalue weighted by Crippen LogP contribution is -2.32. The van der Waals surface area contributed by atoms with Gasteiger partial charge >= 0.3 is 0 Å². The lowest BCUT2D eigenvalue weighted by Gasteiger charge is -2.24. The van der Waals surface area contributed by atoms with Crippen LogP contribution >= 0.6 is 0 Å². The Morgan fingerprint density at radius 1 is 1.00 bits per heavy atom. The van der Waals surface area contributed by atoms with Crippen LogP contribution in [0.1, 0.15) is 52.7 Å². The maximum Gasteiger partial charge on any atom is 0.248 e. The van der Waals surface area contributed by atoms with E-state index in [4.69, 9.17) is 5.73 Å². The summed E-state index contributed by atoms with van der Waals surface area (Å²) in [6.07, 6.45) is 6.07. The van der Waals surface area contributed by atoms with Gasteiger partial charge in [0.15, 0.2) is 0 Å². The summed E-state index contributed by atoms with van der Waals surface area (Å²) in [6, 6.07) is 12.5. The summed E-state index contributed by atoms with van der Waals surface area (Å²) in [5.41, 5.74) is 9.01. The minimum Gasteiger partial charge on any atom is -0.366 e. The molecule has 0 atom stereocenters. The molecule has 2 N–H and O–H groups in total. The first-order valence-electron chi connectivity index (χ1n) is 9.47. The lowest BCUT2D eigenvalue weighted by molar-refractivity contribution is 0.1000. The summed E-state index contributed by atoms with van der Waals surface area (Å²) in [7, 11) is -3.55. The average Bonchev–Trinajstić information content (AvgIpc) is 3.51. The second kappa shape index (κ2) is 7.09. The molecule has 1 saturated carbocycles. The van der Waals surface area contributed by atoms with Crippen molar-refractivity contribution in [3.8, 4) is 0 Å². The molecule has 0 aromatic heterocycles. The molecule has 1 fully saturated rings. The zero-order chi connectivity index (χ0) is 19.0. The maximum atomic E-state index is 13.3. The Hall–Kier alpha value is -2.18. The van der Waals surface area contributed by atoms with E-state index in [1.54, 1.807) is 34.6 Å². The molecule has 4 rings (SSSR count). The summed E-state index contributed by atoms with van der Waals surface area (Å²) in [6.45, 7) is 0.309. The van der Waals surface area contributed by atoms with Gasteiger partial charge in [-0.2, -0.15) is 4.31 Å². The van der Waals surface area contributed by atoms with Gasteiger partial charge in [0.25, 0.3) is 0 Å². The highest BCUT2D eigenvalue weighted by Gasteiger charge is 2.38. The number of carbonyl (C=O) groups is 1. The Bertz CT molecular complexity index is 963. The third-order valence-electron chi connectivity index (χ3n) is 5.46. The van der Waals surface area contributed by atoms with Crippen molar-refractivity contribution in [3.63, 3.8) is 0 Å². The molecule has 6 heteroatoms. The Labute approximate surface area is 160 Å². The van der Waals surface area contributed by atoms with E-state index >= 15 is 0 Å². The lowest BCUT2D eigenvalue weighted by atomic mass is 9.92. The van der Waals surface area contributed by atoms with Crippen molar-refractivity contribution in [2.45, 2.75) is 56.0 Å². The van der Waals surface area contributed by atoms with Crippen LogP contribution in [-0.4, -0.2) is 24.7 Å². The van der Waals surface area contributed by atoms with Gasteiger partial charge in [-0.3, -0.25) is 4.79 Å². The van der Waals surface area contributed by atoms with Crippen molar-refractivity contribution in [1.82, 2.24) is 4.31 Å². The molecule has 0 heterocycles. The van der Waals surface area contributed by atoms with Crippen molar-refractivity contribution in [1.29, 1.82) is 0 Å². The largest absolute Gasteiger partial charge is 0.366 e. The van der Waals surface area contributed by atoms with E-state index in [0.717, 1.165) is 37.7 Å². The molecule has 0 unspecified atom stereocenters. The minimum absolute atomic E-state index is 0.0573. The molecule has 2 aromatic rings. The molecule has 0 radical (unpaired) electrons. The van der Waals surface area contributed by atoms with Crippen LogP contribution in [0.3, 0.4) is 0 Å². The van der Waals surface area contributed by atoms with Gasteiger partial charge in [-0.25, -0.2) is 8.42 Å². The second-order valence-electron chi connectivity index (χ2n) is 7.48. The Morgan fingerprint density at radius 3 is 2.30 bits per heavy atom. The third-order valence-corrected chi connectivity index (χ3v) is 7.35. The SMILES string of the molecule is NC(=O)c1ccc(CN(C2CC2)S(=O)(=O)c2ccc3c(c2)CCCC3)cc1. The molecule has 0 saturated heterocycles. The fourth-order valence-corrected chi connectivity index (χ4v) is 5.46. The zero-order valence-electron chi connectivity index (χ0n) is 15.2. The Morgan fingerprint density at radius 2 is 1.67 bits per heavy atom. The number of nitrogens with zero attached hydrogens (tertiary/aromatic N) is 1. The van der Waals surface area contributed by atoms with Crippen molar-refractivity contribution in [2.24, 2.45) is 5.73 Å². The molecule has 0 spiro atoms. The van der Waals surface area contributed by atoms with Crippen LogP contribution < -0.4 is 5.73 Å². The number of rotatable bonds is 6. The summed E-state index contributed by atoms with van der Waals surface area (Å²) in [4.78, 5) is 11.6. The first-order chi connectivity index (χ1) is 12.9. The molecular formula is C21H24N2O3S. The van der Waals surface area contributed by atoms with Crippen LogP contribution in [0.5, 0.6) is 0 Å². The molecule has 0 bridgehead atoms. The van der Waals surface area contributed by atoms with E-state index in [1.165, 1.54) is 17.5 Å². The monoisotopic (exact) mass is 384 g/mol. The van der Waals surface area contributed by atoms with Crippen LogP contribution in [0.25, 0.3) is 0 Å². The number of benzene rings is 2. The molecule has 1 amide bonds. The van der Waals surface area contributed by atoms with Gasteiger partial charge in [0.1, 0.15) is 0 Å². The highest BCUT2D eigenvalue weighted by molar-refractivity contribution is 7.89. The number of fused-ring (bicyclic) bond motifs is 1. The van der Waals surface area contributed by atoms with Crippen molar-refractivity contribution >= 4 is 15.9 Å². The zero-order valence-corrected chi connectivity index (χ0v) is 16.0. The molecule has 5 nitrogen and oxygen atoms in total. The van der Waals surface area contributed by atoms with Gasteiger partial charge in [0.2, 0.25) is 15.9 Å². The highest BCUT2D eigenvalue weighted by atomic mass is 32.2. The first-order valence-corrected chi connectivity index (χ1v) is 10.9. The summed E-state index contributed by atoms with van der Waals surface area (Å²) in [5.74, 6) is -0.484. The standard InChI is InChI=1S/C21H24N2O3S/c22-21(24)17-7-5-15(6-8-17)14-23(19-10-11-19)27(25,26)20-12-9-16-3-1-2-4-18(16)13-20/h5-9,12-13,19H,1-4,10-11,14H2,(H2,22,24). The quantitative estimate of drug-likeness (QED) is 0.831. The molecule has 2 aliphatic carbocycles. The van der Waals surface area contributed by atoms with Crippen molar-refractivity contribution in [2.75, 3.05) is 0 Å². The predicted molar refractivity (Wildman–Crippen MR) is 104 cm³/mol. The van der Waals surface area contributed by atoms with Crippen LogP contribution in [-0.2, 0) is 29.4 Å². The van der Waals surface area contributed by atoms with Gasteiger partial charge < -0.3 is 5.73 Å². The second-order valence-corrected chi connectivity index (χ2v) is 9.37. The predicted octanol–water partition coefficient (Wildman–Crippen LogP) is 3.02. The molecule has 27 heavy (non-hydrogen) atoms. The molecule has 0 aliphatic heterocycles. The number of aryl methyl sites for hydroxylation is 2. The van der Waals surface area contributed by atoms with Crippen molar-refractivity contribution < 1.29 is 13.2 Å². The fraction of sp³-hybridized carbons (Fsp3) is 0.381. The van der Waals surface area contributed by atoms with Crippen LogP contribution in [0.4, 0.5) is 0 Å². The van der Waals surface area contributed by atoms with Gasteiger partial charge in [-0.1, -0.05) is 18.2 Å². The van der Waals surface area contributed by atoms with Crippen LogP contribution in [0.15, 0.2) is 47.4 Å². The fourth-order valence-electron chi connectivity index (χ4n) is 3.73. The number of primary amides is 1. The number of carbonyl (C=O) groups excluding carboxylic acids is 1. The Kier molecular flexibility index (Phi) is 4.78. The van der Waals surface area contributed by atoms with Gasteiger partial charge in [0, 0.05) is 18.2 Å². The van der Waals surface area contributed by atoms with E-state index in [1.807, 2.05) is 12.1 Å². The third kappa shape index (κ3) is 3.77. The summed E-state index contributed by atoms with van der Waals surface area (Å²) in [5, 5.41) is 0. The van der Waals surface area contributed by atoms with E-state index in [-0.39, 0.29) is 6.04 Å². The summed E-state index contributed by atoms with van der Waals surface area (Å²) >= 11 is 0. The first kappa shape index (κ1) is 18.2. The smallest absolute Gasteiger partial charge is 0.248 e. The van der Waals surface area contributed by atoms with Gasteiger partial charge in [0.05, 0.1) is 4.90 Å². The minimum atomic E-state index is -3.55. The highest BCUT2D eigenvalue weighted by Crippen LogP contribution is 2.34. The van der Waals surface area contributed by atoms with E-state index < -0.39 is 15.9 Å². The van der Waals surface area contributed by atoms with E-state index in [9.17, 15) is 13.2 Å². The average molecular weight is 385 g/mol. The molecule has 142 valence electrons. The number of hydrogen-bond donors (Lipinski definition) is 1. The number of sulfonamides is 1. The maximum absolute atomic E-state index is 13.3. The van der Waals surface area contributed by atoms with E-state index in [0.29, 0.717) is 17.0 Å². The van der Waals surface area contributed by atoms with Gasteiger partial charge in [-0.05, 0) is 79.5 Å². The van der Waals surface area contributed by atoms with Crippen LogP contribution in [0, 0.1) is 0 Å². The summed E-state index contributed by atoms with van der Waals surface area (Å²) < 4.78 is 28.3. The number of nitrogens with two attached hydrogens (primary N) is 1. The van der Waals surface area contributed by atoms with Crippen LogP contribution in [0.2, 0.25) is 0 Å². The molecular weight excluding hydrogens is 360 g/mol. The van der Waals surface area contributed by atoms with Crippen molar-refractivity contribution in [3.05, 3.63) is 64.7 Å². The molecule has 2 aromatic carbocycles. The molecule has 2 aliphatic rings. The van der Waals surface area contributed by atoms with E-state index in [2.05, 4.69) is 0 Å².